The summed E-state index contributed by atoms with van der Waals surface area (Å²) in [5.74, 6) is -0.0770. The lowest BCUT2D eigenvalue weighted by molar-refractivity contribution is -0.143. The Morgan fingerprint density at radius 1 is 0.389 bits per heavy atom. The van der Waals surface area contributed by atoms with Crippen molar-refractivity contribution in [3.63, 3.8) is 0 Å². The maximum absolute atomic E-state index is 12.4. The molecule has 0 aliphatic heterocycles. The maximum atomic E-state index is 12.4. The molecule has 0 aromatic carbocycles. The van der Waals surface area contributed by atoms with E-state index in [1.807, 2.05) is 6.08 Å². The van der Waals surface area contributed by atoms with Gasteiger partial charge in [-0.1, -0.05) is 274 Å². The van der Waals surface area contributed by atoms with Crippen LogP contribution in [0.1, 0.15) is 322 Å². The molecule has 0 radical (unpaired) electrons. The fourth-order valence-corrected chi connectivity index (χ4v) is 9.40. The molecule has 6 nitrogen and oxygen atoms in total. The average molecular weight is 1010 g/mol. The van der Waals surface area contributed by atoms with E-state index < -0.39 is 12.1 Å². The Bertz CT molecular complexity index is 1250. The highest BCUT2D eigenvalue weighted by atomic mass is 16.5. The number of aliphatic hydroxyl groups excluding tert-OH is 2. The first-order valence-corrected chi connectivity index (χ1v) is 31.6. The summed E-state index contributed by atoms with van der Waals surface area (Å²) in [5.41, 5.74) is 0. The van der Waals surface area contributed by atoms with Gasteiger partial charge in [0.15, 0.2) is 0 Å². The van der Waals surface area contributed by atoms with Gasteiger partial charge in [-0.25, -0.2) is 0 Å². The van der Waals surface area contributed by atoms with Gasteiger partial charge in [0.1, 0.15) is 0 Å². The molecule has 2 unspecified atom stereocenters. The molecule has 0 aliphatic carbocycles. The standard InChI is InChI=1S/C66H121NO5/c1-3-5-7-9-11-13-15-17-18-19-25-29-32-36-40-44-48-52-56-60-66(71)72-61-57-53-49-45-41-37-33-30-27-24-22-20-21-23-26-28-31-35-39-43-47-51-55-59-65(70)67-63(62-68)64(69)58-54-50-46-42-38-34-16-14-12-10-8-6-4-2/h11,13,17-18,20,22-23,26,54,58,63-64,68-69H,3-10,12,14-16,19,21,24-25,27-53,55-57,59-62H2,1-2H3,(H,67,70)/b13-11-,18-17-,22-20-,26-23-,58-54+. The summed E-state index contributed by atoms with van der Waals surface area (Å²) in [6.45, 7) is 4.87. The van der Waals surface area contributed by atoms with Crippen molar-refractivity contribution in [2.75, 3.05) is 13.2 Å². The van der Waals surface area contributed by atoms with Crippen LogP contribution in [0.3, 0.4) is 0 Å². The third-order valence-corrected chi connectivity index (χ3v) is 14.3. The summed E-state index contributed by atoms with van der Waals surface area (Å²) in [5, 5.41) is 23.1. The van der Waals surface area contributed by atoms with Crippen LogP contribution in [0.5, 0.6) is 0 Å². The van der Waals surface area contributed by atoms with E-state index in [9.17, 15) is 19.8 Å². The minimum absolute atomic E-state index is 0.00219. The second-order valence-corrected chi connectivity index (χ2v) is 21.4. The topological polar surface area (TPSA) is 95.9 Å². The Kier molecular flexibility index (Phi) is 59.0. The molecule has 0 rings (SSSR count). The molecule has 0 bridgehead atoms. The summed E-state index contributed by atoms with van der Waals surface area (Å²) in [6.07, 6.45) is 79.7. The molecule has 420 valence electrons. The van der Waals surface area contributed by atoms with Crippen LogP contribution in [-0.4, -0.2) is 47.4 Å². The molecule has 0 aromatic rings. The smallest absolute Gasteiger partial charge is 0.305 e. The SMILES string of the molecule is CCCCC/C=C\C/C=C\CCCCCCCCCCCC(=O)OCCCCCCCCCCC/C=C\C/C=C\CCCCCCCCCC(=O)NC(CO)C(O)/C=C/CCCCCCCCCCCCC. The Labute approximate surface area is 448 Å². The molecule has 0 saturated carbocycles. The van der Waals surface area contributed by atoms with Crippen LogP contribution < -0.4 is 5.32 Å². The van der Waals surface area contributed by atoms with E-state index in [2.05, 4.69) is 67.8 Å². The Morgan fingerprint density at radius 2 is 0.694 bits per heavy atom. The fourth-order valence-electron chi connectivity index (χ4n) is 9.40. The van der Waals surface area contributed by atoms with Crippen LogP contribution >= 0.6 is 0 Å². The number of nitrogens with one attached hydrogen (secondary N) is 1. The molecule has 0 saturated heterocycles. The highest BCUT2D eigenvalue weighted by molar-refractivity contribution is 5.76. The van der Waals surface area contributed by atoms with Gasteiger partial charge in [0.2, 0.25) is 5.91 Å². The van der Waals surface area contributed by atoms with Gasteiger partial charge < -0.3 is 20.3 Å². The Morgan fingerprint density at radius 3 is 1.08 bits per heavy atom. The molecule has 2 atom stereocenters. The number of unbranched alkanes of at least 4 members (excludes halogenated alkanes) is 39. The third-order valence-electron chi connectivity index (χ3n) is 14.3. The number of carbonyl (C=O) groups excluding carboxylic acids is 2. The molecule has 0 aliphatic rings. The summed E-state index contributed by atoms with van der Waals surface area (Å²) >= 11 is 0. The molecule has 72 heavy (non-hydrogen) atoms. The molecule has 0 heterocycles. The molecule has 0 spiro atoms. The molecular formula is C66H121NO5. The summed E-state index contributed by atoms with van der Waals surface area (Å²) in [6, 6.07) is -0.636. The van der Waals surface area contributed by atoms with E-state index in [0.717, 1.165) is 70.6 Å². The maximum Gasteiger partial charge on any atom is 0.305 e. The van der Waals surface area contributed by atoms with Gasteiger partial charge in [-0.05, 0) is 96.3 Å². The van der Waals surface area contributed by atoms with Crippen molar-refractivity contribution >= 4 is 11.9 Å². The number of ether oxygens (including phenoxy) is 1. The summed E-state index contributed by atoms with van der Waals surface area (Å²) in [7, 11) is 0. The van der Waals surface area contributed by atoms with Crippen molar-refractivity contribution in [3.05, 3.63) is 60.8 Å². The number of rotatable bonds is 58. The van der Waals surface area contributed by atoms with Gasteiger partial charge in [-0.2, -0.15) is 0 Å². The molecule has 6 heteroatoms. The van der Waals surface area contributed by atoms with E-state index in [0.29, 0.717) is 19.4 Å². The highest BCUT2D eigenvalue weighted by Crippen LogP contribution is 2.16. The van der Waals surface area contributed by atoms with E-state index in [1.165, 1.54) is 225 Å². The lowest BCUT2D eigenvalue weighted by Crippen LogP contribution is -2.45. The van der Waals surface area contributed by atoms with Gasteiger partial charge >= 0.3 is 5.97 Å². The zero-order chi connectivity index (χ0) is 52.2. The van der Waals surface area contributed by atoms with E-state index in [4.69, 9.17) is 4.74 Å². The monoisotopic (exact) mass is 1010 g/mol. The first-order chi connectivity index (χ1) is 35.5. The zero-order valence-corrected chi connectivity index (χ0v) is 47.9. The van der Waals surface area contributed by atoms with Gasteiger partial charge in [0, 0.05) is 12.8 Å². The minimum atomic E-state index is -0.851. The number of amides is 1. The number of allylic oxidation sites excluding steroid dienone is 9. The number of aliphatic hydroxyl groups is 2. The fraction of sp³-hybridized carbons (Fsp3) is 0.818. The van der Waals surface area contributed by atoms with Crippen LogP contribution in [-0.2, 0) is 14.3 Å². The lowest BCUT2D eigenvalue weighted by Gasteiger charge is -2.20. The summed E-state index contributed by atoms with van der Waals surface area (Å²) < 4.78 is 5.49. The number of hydrogen-bond donors (Lipinski definition) is 3. The predicted octanol–water partition coefficient (Wildman–Crippen LogP) is 19.9. The second kappa shape index (κ2) is 61.1. The zero-order valence-electron chi connectivity index (χ0n) is 47.9. The molecule has 3 N–H and O–H groups in total. The third kappa shape index (κ3) is 56.8. The minimum Gasteiger partial charge on any atom is -0.466 e. The molecule has 0 fully saturated rings. The van der Waals surface area contributed by atoms with Crippen LogP contribution in [0, 0.1) is 0 Å². The second-order valence-electron chi connectivity index (χ2n) is 21.4. The quantitative estimate of drug-likeness (QED) is 0.0320. The summed E-state index contributed by atoms with van der Waals surface area (Å²) in [4.78, 5) is 24.5. The van der Waals surface area contributed by atoms with Crippen molar-refractivity contribution in [2.24, 2.45) is 0 Å². The number of esters is 1. The predicted molar refractivity (Wildman–Crippen MR) is 315 cm³/mol. The van der Waals surface area contributed by atoms with Crippen molar-refractivity contribution in [1.82, 2.24) is 5.32 Å². The first-order valence-electron chi connectivity index (χ1n) is 31.6. The van der Waals surface area contributed by atoms with Crippen molar-refractivity contribution in [3.8, 4) is 0 Å². The Hall–Kier alpha value is -2.44. The van der Waals surface area contributed by atoms with Crippen molar-refractivity contribution in [1.29, 1.82) is 0 Å². The van der Waals surface area contributed by atoms with E-state index in [-0.39, 0.29) is 18.5 Å². The van der Waals surface area contributed by atoms with Crippen LogP contribution in [0.4, 0.5) is 0 Å². The molecule has 0 aromatic heterocycles. The Balaban J connectivity index is 3.45. The first kappa shape index (κ1) is 69.6. The largest absolute Gasteiger partial charge is 0.466 e. The highest BCUT2D eigenvalue weighted by Gasteiger charge is 2.18. The molecule has 1 amide bonds. The lowest BCUT2D eigenvalue weighted by atomic mass is 10.0. The number of carbonyl (C=O) groups is 2. The van der Waals surface area contributed by atoms with Gasteiger partial charge in [-0.15, -0.1) is 0 Å². The van der Waals surface area contributed by atoms with Gasteiger partial charge in [-0.3, -0.25) is 9.59 Å². The normalized spacial score (nSPS) is 13.0. The van der Waals surface area contributed by atoms with E-state index in [1.54, 1.807) is 6.08 Å². The molecular weight excluding hydrogens is 887 g/mol. The van der Waals surface area contributed by atoms with Crippen LogP contribution in [0.2, 0.25) is 0 Å². The van der Waals surface area contributed by atoms with Crippen molar-refractivity contribution in [2.45, 2.75) is 334 Å². The van der Waals surface area contributed by atoms with Crippen LogP contribution in [0.25, 0.3) is 0 Å². The van der Waals surface area contributed by atoms with Crippen LogP contribution in [0.15, 0.2) is 60.8 Å². The van der Waals surface area contributed by atoms with E-state index >= 15 is 0 Å². The van der Waals surface area contributed by atoms with Crippen molar-refractivity contribution < 1.29 is 24.5 Å². The van der Waals surface area contributed by atoms with Gasteiger partial charge in [0.05, 0.1) is 25.4 Å². The average Bonchev–Trinajstić information content (AvgIpc) is 3.38. The number of hydrogen-bond acceptors (Lipinski definition) is 5. The van der Waals surface area contributed by atoms with Gasteiger partial charge in [0.25, 0.3) is 0 Å².